The van der Waals surface area contributed by atoms with Crippen molar-refractivity contribution >= 4 is 15.9 Å². The average Bonchev–Trinajstić information content (AvgIpc) is 2.81. The Bertz CT molecular complexity index is 586. The Balaban J connectivity index is 2.11. The molecule has 0 saturated carbocycles. The van der Waals surface area contributed by atoms with E-state index in [1.807, 2.05) is 6.07 Å². The van der Waals surface area contributed by atoms with Gasteiger partial charge in [-0.1, -0.05) is 0 Å². The molecule has 0 saturated heterocycles. The first kappa shape index (κ1) is 12.5. The minimum atomic E-state index is 0.295. The predicted octanol–water partition coefficient (Wildman–Crippen LogP) is 3.50. The zero-order valence-corrected chi connectivity index (χ0v) is 11.2. The molecule has 1 aromatic carbocycles. The Labute approximate surface area is 113 Å². The molecule has 0 aliphatic heterocycles. The van der Waals surface area contributed by atoms with Crippen molar-refractivity contribution in [3.63, 3.8) is 0 Å². The summed E-state index contributed by atoms with van der Waals surface area (Å²) in [6.45, 7) is 0.295. The largest absolute Gasteiger partial charge is 0.497 e. The van der Waals surface area contributed by atoms with E-state index >= 15 is 0 Å². The Morgan fingerprint density at radius 3 is 2.67 bits per heavy atom. The first-order valence-corrected chi connectivity index (χ1v) is 5.97. The Morgan fingerprint density at radius 2 is 2.06 bits per heavy atom. The number of benzene rings is 1. The SMILES string of the molecule is COc1cc(C#N)cc(OCc2ccc(Br)o2)c1. The third-order valence-corrected chi connectivity index (χ3v) is 2.68. The second-order valence-corrected chi connectivity index (χ2v) is 4.29. The predicted molar refractivity (Wildman–Crippen MR) is 68.4 cm³/mol. The standard InChI is InChI=1S/C13H10BrNO3/c1-16-11-4-9(7-15)5-12(6-11)17-8-10-2-3-13(14)18-10/h2-6H,8H2,1H3. The Hall–Kier alpha value is -1.93. The zero-order chi connectivity index (χ0) is 13.0. The highest BCUT2D eigenvalue weighted by Crippen LogP contribution is 2.23. The minimum absolute atomic E-state index is 0.295. The third-order valence-electron chi connectivity index (χ3n) is 2.25. The molecule has 2 rings (SSSR count). The van der Waals surface area contributed by atoms with E-state index < -0.39 is 0 Å². The summed E-state index contributed by atoms with van der Waals surface area (Å²) in [6, 6.07) is 10.7. The van der Waals surface area contributed by atoms with Crippen LogP contribution in [0.15, 0.2) is 39.4 Å². The van der Waals surface area contributed by atoms with E-state index in [1.165, 1.54) is 0 Å². The van der Waals surface area contributed by atoms with E-state index in [4.69, 9.17) is 19.2 Å². The van der Waals surface area contributed by atoms with Gasteiger partial charge in [-0.05, 0) is 40.2 Å². The van der Waals surface area contributed by atoms with Crippen LogP contribution in [0.5, 0.6) is 11.5 Å². The molecular weight excluding hydrogens is 298 g/mol. The molecule has 0 radical (unpaired) electrons. The van der Waals surface area contributed by atoms with E-state index in [-0.39, 0.29) is 0 Å². The number of ether oxygens (including phenoxy) is 2. The molecule has 0 bridgehead atoms. The fourth-order valence-corrected chi connectivity index (χ4v) is 1.76. The van der Waals surface area contributed by atoms with Gasteiger partial charge in [-0.2, -0.15) is 5.26 Å². The zero-order valence-electron chi connectivity index (χ0n) is 9.64. The summed E-state index contributed by atoms with van der Waals surface area (Å²) in [5.41, 5.74) is 0.491. The number of hydrogen-bond acceptors (Lipinski definition) is 4. The average molecular weight is 308 g/mol. The maximum atomic E-state index is 8.88. The second-order valence-electron chi connectivity index (χ2n) is 3.50. The Kier molecular flexibility index (Phi) is 3.90. The van der Waals surface area contributed by atoms with Crippen LogP contribution in [0.25, 0.3) is 0 Å². The summed E-state index contributed by atoms with van der Waals surface area (Å²) in [7, 11) is 1.55. The minimum Gasteiger partial charge on any atom is -0.497 e. The highest BCUT2D eigenvalue weighted by atomic mass is 79.9. The van der Waals surface area contributed by atoms with Crippen molar-refractivity contribution in [1.29, 1.82) is 5.26 Å². The summed E-state index contributed by atoms with van der Waals surface area (Å²) >= 11 is 3.22. The van der Waals surface area contributed by atoms with Crippen LogP contribution >= 0.6 is 15.9 Å². The molecule has 0 unspecified atom stereocenters. The third kappa shape index (κ3) is 3.05. The van der Waals surface area contributed by atoms with Crippen LogP contribution in [0.2, 0.25) is 0 Å². The van der Waals surface area contributed by atoms with E-state index in [1.54, 1.807) is 31.4 Å². The van der Waals surface area contributed by atoms with Gasteiger partial charge in [-0.25, -0.2) is 0 Å². The van der Waals surface area contributed by atoms with Crippen LogP contribution in [0, 0.1) is 11.3 Å². The number of hydrogen-bond donors (Lipinski definition) is 0. The number of halogens is 1. The quantitative estimate of drug-likeness (QED) is 0.867. The smallest absolute Gasteiger partial charge is 0.169 e. The molecule has 0 fully saturated rings. The number of rotatable bonds is 4. The Morgan fingerprint density at radius 1 is 1.28 bits per heavy atom. The van der Waals surface area contributed by atoms with Gasteiger partial charge in [-0.15, -0.1) is 0 Å². The number of nitriles is 1. The van der Waals surface area contributed by atoms with E-state index in [0.29, 0.717) is 34.1 Å². The van der Waals surface area contributed by atoms with Crippen LogP contribution in [0.3, 0.4) is 0 Å². The molecule has 1 heterocycles. The van der Waals surface area contributed by atoms with E-state index in [0.717, 1.165) is 0 Å². The molecule has 0 atom stereocenters. The van der Waals surface area contributed by atoms with Gasteiger partial charge in [0.25, 0.3) is 0 Å². The lowest BCUT2D eigenvalue weighted by molar-refractivity contribution is 0.266. The molecule has 2 aromatic rings. The van der Waals surface area contributed by atoms with Crippen molar-refractivity contribution in [3.05, 3.63) is 46.3 Å². The van der Waals surface area contributed by atoms with Gasteiger partial charge >= 0.3 is 0 Å². The molecule has 5 heteroatoms. The molecular formula is C13H10BrNO3. The fourth-order valence-electron chi connectivity index (χ4n) is 1.42. The lowest BCUT2D eigenvalue weighted by Crippen LogP contribution is -1.95. The van der Waals surface area contributed by atoms with Gasteiger partial charge in [0, 0.05) is 6.07 Å². The normalized spacial score (nSPS) is 9.83. The monoisotopic (exact) mass is 307 g/mol. The van der Waals surface area contributed by atoms with Crippen LogP contribution in [0.4, 0.5) is 0 Å². The van der Waals surface area contributed by atoms with Crippen molar-refractivity contribution in [2.75, 3.05) is 7.11 Å². The maximum absolute atomic E-state index is 8.88. The van der Waals surface area contributed by atoms with E-state index in [2.05, 4.69) is 22.0 Å². The van der Waals surface area contributed by atoms with E-state index in [9.17, 15) is 0 Å². The van der Waals surface area contributed by atoms with Crippen molar-refractivity contribution in [2.24, 2.45) is 0 Å². The van der Waals surface area contributed by atoms with Crippen molar-refractivity contribution in [2.45, 2.75) is 6.61 Å². The highest BCUT2D eigenvalue weighted by molar-refractivity contribution is 9.10. The topological polar surface area (TPSA) is 55.4 Å². The lowest BCUT2D eigenvalue weighted by atomic mass is 10.2. The number of furan rings is 1. The molecule has 0 spiro atoms. The summed E-state index contributed by atoms with van der Waals surface area (Å²) in [5.74, 6) is 1.85. The summed E-state index contributed by atoms with van der Waals surface area (Å²) in [5, 5.41) is 8.88. The molecule has 0 N–H and O–H groups in total. The maximum Gasteiger partial charge on any atom is 0.169 e. The van der Waals surface area contributed by atoms with Gasteiger partial charge in [0.1, 0.15) is 23.9 Å². The number of nitrogens with zero attached hydrogens (tertiary/aromatic N) is 1. The molecule has 0 amide bonds. The summed E-state index contributed by atoms with van der Waals surface area (Å²) in [6.07, 6.45) is 0. The summed E-state index contributed by atoms with van der Waals surface area (Å²) in [4.78, 5) is 0. The highest BCUT2D eigenvalue weighted by Gasteiger charge is 2.04. The van der Waals surface area contributed by atoms with Crippen molar-refractivity contribution < 1.29 is 13.9 Å². The van der Waals surface area contributed by atoms with Gasteiger partial charge in [-0.3, -0.25) is 0 Å². The molecule has 1 aromatic heterocycles. The van der Waals surface area contributed by atoms with Crippen LogP contribution in [-0.2, 0) is 6.61 Å². The van der Waals surface area contributed by atoms with Crippen LogP contribution in [0.1, 0.15) is 11.3 Å². The van der Waals surface area contributed by atoms with Crippen LogP contribution < -0.4 is 9.47 Å². The second kappa shape index (κ2) is 5.61. The molecule has 0 aliphatic carbocycles. The first-order chi connectivity index (χ1) is 8.71. The molecule has 18 heavy (non-hydrogen) atoms. The fraction of sp³-hybridized carbons (Fsp3) is 0.154. The van der Waals surface area contributed by atoms with Gasteiger partial charge in [0.15, 0.2) is 4.67 Å². The van der Waals surface area contributed by atoms with Gasteiger partial charge < -0.3 is 13.9 Å². The van der Waals surface area contributed by atoms with Crippen molar-refractivity contribution in [3.8, 4) is 17.6 Å². The van der Waals surface area contributed by atoms with Crippen LogP contribution in [-0.4, -0.2) is 7.11 Å². The van der Waals surface area contributed by atoms with Crippen molar-refractivity contribution in [1.82, 2.24) is 0 Å². The number of methoxy groups -OCH3 is 1. The molecule has 4 nitrogen and oxygen atoms in total. The van der Waals surface area contributed by atoms with Gasteiger partial charge in [0.05, 0.1) is 18.7 Å². The lowest BCUT2D eigenvalue weighted by Gasteiger charge is -2.07. The first-order valence-electron chi connectivity index (χ1n) is 5.17. The molecule has 0 aliphatic rings. The summed E-state index contributed by atoms with van der Waals surface area (Å²) < 4.78 is 16.6. The van der Waals surface area contributed by atoms with Gasteiger partial charge in [0.2, 0.25) is 0 Å². The molecule has 92 valence electrons.